The molecule has 0 aliphatic carbocycles. The summed E-state index contributed by atoms with van der Waals surface area (Å²) in [4.78, 5) is 0. The zero-order chi connectivity index (χ0) is 7.52. The normalized spacial score (nSPS) is 9.00. The molecule has 0 atom stereocenters. The first kappa shape index (κ1) is 9.21. The second-order valence-electron chi connectivity index (χ2n) is 2.20. The van der Waals surface area contributed by atoms with Gasteiger partial charge in [-0.2, -0.15) is 29.4 Å². The Labute approximate surface area is 85.5 Å². The molecule has 0 radical (unpaired) electrons. The molecule has 0 bridgehead atoms. The van der Waals surface area contributed by atoms with Crippen molar-refractivity contribution in [1.29, 1.82) is 0 Å². The third kappa shape index (κ3) is 1.83. The molecule has 2 aromatic rings. The average Bonchev–Trinajstić information content (AvgIpc) is 2.58. The monoisotopic (exact) mass is 338 g/mol. The van der Waals surface area contributed by atoms with Crippen LogP contribution in [0.2, 0.25) is 0 Å². The maximum absolute atomic E-state index is 4.07. The van der Waals surface area contributed by atoms with E-state index >= 15 is 0 Å². The van der Waals surface area contributed by atoms with Gasteiger partial charge < -0.3 is 0 Å². The molecular formula is C9H7N2Pt-. The van der Waals surface area contributed by atoms with Gasteiger partial charge in [-0.15, -0.1) is 6.07 Å². The van der Waals surface area contributed by atoms with Crippen molar-refractivity contribution in [3.63, 3.8) is 0 Å². The quantitative estimate of drug-likeness (QED) is 0.724. The van der Waals surface area contributed by atoms with E-state index in [2.05, 4.69) is 11.2 Å². The van der Waals surface area contributed by atoms with Crippen molar-refractivity contribution in [2.24, 2.45) is 0 Å². The Balaban J connectivity index is 0.000000720. The Bertz CT molecular complexity index is 316. The van der Waals surface area contributed by atoms with E-state index in [1.54, 1.807) is 10.9 Å². The van der Waals surface area contributed by atoms with Gasteiger partial charge in [0.2, 0.25) is 0 Å². The van der Waals surface area contributed by atoms with Crippen LogP contribution in [-0.2, 0) is 21.1 Å². The minimum Gasteiger partial charge on any atom is -0.266 e. The molecule has 2 rings (SSSR count). The number of nitrogens with zero attached hydrogens (tertiary/aromatic N) is 2. The molecule has 0 saturated heterocycles. The average molecular weight is 338 g/mol. The van der Waals surface area contributed by atoms with E-state index in [1.165, 1.54) is 0 Å². The van der Waals surface area contributed by atoms with Gasteiger partial charge in [0, 0.05) is 33.5 Å². The molecule has 0 saturated carbocycles. The molecule has 0 aliphatic rings. The maximum atomic E-state index is 4.07. The minimum atomic E-state index is 0. The van der Waals surface area contributed by atoms with E-state index < -0.39 is 0 Å². The van der Waals surface area contributed by atoms with Crippen LogP contribution in [0.5, 0.6) is 0 Å². The molecule has 1 aromatic heterocycles. The minimum absolute atomic E-state index is 0. The molecule has 12 heavy (non-hydrogen) atoms. The number of hydrogen-bond acceptors (Lipinski definition) is 1. The summed E-state index contributed by atoms with van der Waals surface area (Å²) in [6.45, 7) is 0. The number of hydrogen-bond donors (Lipinski definition) is 0. The van der Waals surface area contributed by atoms with Crippen molar-refractivity contribution in [2.45, 2.75) is 0 Å². The van der Waals surface area contributed by atoms with E-state index in [0.717, 1.165) is 5.69 Å². The molecule has 0 unspecified atom stereocenters. The van der Waals surface area contributed by atoms with Gasteiger partial charge in [-0.25, -0.2) is 0 Å². The van der Waals surface area contributed by atoms with Crippen molar-refractivity contribution in [2.75, 3.05) is 0 Å². The van der Waals surface area contributed by atoms with Crippen molar-refractivity contribution >= 4 is 0 Å². The van der Waals surface area contributed by atoms with Gasteiger partial charge in [0.25, 0.3) is 0 Å². The Hall–Kier alpha value is -0.882. The summed E-state index contributed by atoms with van der Waals surface area (Å²) in [5.41, 5.74) is 0.970. The molecule has 0 N–H and O–H groups in total. The van der Waals surface area contributed by atoms with Gasteiger partial charge >= 0.3 is 0 Å². The zero-order valence-electron chi connectivity index (χ0n) is 6.25. The number of para-hydroxylation sites is 1. The smallest absolute Gasteiger partial charge is 0.0493 e. The molecule has 0 spiro atoms. The molecule has 64 valence electrons. The van der Waals surface area contributed by atoms with E-state index in [0.29, 0.717) is 0 Å². The van der Waals surface area contributed by atoms with Crippen LogP contribution in [0.15, 0.2) is 42.7 Å². The van der Waals surface area contributed by atoms with Gasteiger partial charge in [-0.1, -0.05) is 0 Å². The predicted octanol–water partition coefficient (Wildman–Crippen LogP) is 1.67. The fraction of sp³-hybridized carbons (Fsp3) is 0. The number of rotatable bonds is 1. The summed E-state index contributed by atoms with van der Waals surface area (Å²) < 4.78 is 1.78. The molecule has 0 amide bonds. The standard InChI is InChI=1S/C9H7N2.Pt/c1-2-5-9(6-3-1)11-8-4-7-10-11;/h1-5,7-8H;/q-1;. The zero-order valence-corrected chi connectivity index (χ0v) is 8.52. The van der Waals surface area contributed by atoms with Crippen LogP contribution < -0.4 is 0 Å². The van der Waals surface area contributed by atoms with Gasteiger partial charge in [0.1, 0.15) is 0 Å². The third-order valence-electron chi connectivity index (χ3n) is 1.44. The molecule has 1 heterocycles. The van der Waals surface area contributed by atoms with Crippen LogP contribution in [0.25, 0.3) is 5.69 Å². The second kappa shape index (κ2) is 4.22. The Morgan fingerprint density at radius 1 is 1.25 bits per heavy atom. The predicted molar refractivity (Wildman–Crippen MR) is 42.4 cm³/mol. The molecule has 0 aliphatic heterocycles. The van der Waals surface area contributed by atoms with Gasteiger partial charge in [0.15, 0.2) is 0 Å². The topological polar surface area (TPSA) is 17.8 Å². The SMILES string of the molecule is [Pt].[c-]1ccccc1-n1cccn1. The maximum Gasteiger partial charge on any atom is 0.0493 e. The summed E-state index contributed by atoms with van der Waals surface area (Å²) in [7, 11) is 0. The molecule has 0 fully saturated rings. The Morgan fingerprint density at radius 3 is 2.75 bits per heavy atom. The van der Waals surface area contributed by atoms with E-state index in [9.17, 15) is 0 Å². The van der Waals surface area contributed by atoms with Crippen LogP contribution in [0.4, 0.5) is 0 Å². The second-order valence-corrected chi connectivity index (χ2v) is 2.20. The van der Waals surface area contributed by atoms with Crippen LogP contribution in [-0.4, -0.2) is 9.78 Å². The summed E-state index contributed by atoms with van der Waals surface area (Å²) in [6.07, 6.45) is 3.65. The Kier molecular flexibility index (Phi) is 3.24. The number of aromatic nitrogens is 2. The first-order valence-corrected chi connectivity index (χ1v) is 3.43. The van der Waals surface area contributed by atoms with Crippen molar-refractivity contribution in [3.05, 3.63) is 48.8 Å². The van der Waals surface area contributed by atoms with Crippen molar-refractivity contribution < 1.29 is 21.1 Å². The van der Waals surface area contributed by atoms with Crippen LogP contribution >= 0.6 is 0 Å². The van der Waals surface area contributed by atoms with E-state index in [1.807, 2.05) is 36.5 Å². The first-order valence-electron chi connectivity index (χ1n) is 3.43. The Morgan fingerprint density at radius 2 is 2.17 bits per heavy atom. The summed E-state index contributed by atoms with van der Waals surface area (Å²) in [5.74, 6) is 0. The molecular weight excluding hydrogens is 331 g/mol. The van der Waals surface area contributed by atoms with E-state index in [4.69, 9.17) is 0 Å². The third-order valence-corrected chi connectivity index (χ3v) is 1.44. The van der Waals surface area contributed by atoms with Crippen molar-refractivity contribution in [1.82, 2.24) is 9.78 Å². The molecule has 2 nitrogen and oxygen atoms in total. The molecule has 1 aromatic carbocycles. The largest absolute Gasteiger partial charge is 0.266 e. The van der Waals surface area contributed by atoms with E-state index in [-0.39, 0.29) is 21.1 Å². The van der Waals surface area contributed by atoms with Crippen LogP contribution in [0.1, 0.15) is 0 Å². The molecule has 3 heteroatoms. The van der Waals surface area contributed by atoms with Gasteiger partial charge in [0.05, 0.1) is 0 Å². The van der Waals surface area contributed by atoms with Gasteiger partial charge in [-0.05, 0) is 11.8 Å². The van der Waals surface area contributed by atoms with Crippen molar-refractivity contribution in [3.8, 4) is 5.69 Å². The fourth-order valence-corrected chi connectivity index (χ4v) is 0.938. The van der Waals surface area contributed by atoms with Crippen LogP contribution in [0.3, 0.4) is 0 Å². The van der Waals surface area contributed by atoms with Gasteiger partial charge in [-0.3, -0.25) is 4.68 Å². The summed E-state index contributed by atoms with van der Waals surface area (Å²) in [5, 5.41) is 4.07. The van der Waals surface area contributed by atoms with Crippen LogP contribution in [0, 0.1) is 6.07 Å². The first-order chi connectivity index (χ1) is 5.47. The fourth-order valence-electron chi connectivity index (χ4n) is 0.938. The summed E-state index contributed by atoms with van der Waals surface area (Å²) in [6, 6.07) is 12.7. The summed E-state index contributed by atoms with van der Waals surface area (Å²) >= 11 is 0. The number of benzene rings is 1.